The summed E-state index contributed by atoms with van der Waals surface area (Å²) in [6, 6.07) is 15.7. The van der Waals surface area contributed by atoms with Crippen molar-refractivity contribution < 1.29 is 18.7 Å². The molecule has 34 heavy (non-hydrogen) atoms. The molecule has 0 spiro atoms. The Morgan fingerprint density at radius 3 is 2.85 bits per heavy atom. The van der Waals surface area contributed by atoms with Gasteiger partial charge in [0.1, 0.15) is 23.7 Å². The van der Waals surface area contributed by atoms with Gasteiger partial charge in [0.25, 0.3) is 5.91 Å². The molecule has 174 valence electrons. The smallest absolute Gasteiger partial charge is 0.259 e. The van der Waals surface area contributed by atoms with Crippen LogP contribution in [0.25, 0.3) is 5.65 Å². The molecule has 3 heterocycles. The largest absolute Gasteiger partial charge is 0.489 e. The summed E-state index contributed by atoms with van der Waals surface area (Å²) in [7, 11) is 0. The fraction of sp³-hybridized carbons (Fsp3) is 0.269. The van der Waals surface area contributed by atoms with Gasteiger partial charge in [-0.2, -0.15) is 5.10 Å². The molecule has 1 aliphatic rings. The summed E-state index contributed by atoms with van der Waals surface area (Å²) in [4.78, 5) is 19.6. The van der Waals surface area contributed by atoms with Crippen LogP contribution in [0.4, 0.5) is 4.39 Å². The number of fused-ring (bicyclic) bond motifs is 1. The predicted octanol–water partition coefficient (Wildman–Crippen LogP) is 4.27. The lowest BCUT2D eigenvalue weighted by atomic mass is 10.1. The maximum absolute atomic E-state index is 13.5. The van der Waals surface area contributed by atoms with Gasteiger partial charge in [-0.3, -0.25) is 4.79 Å². The number of rotatable bonds is 8. The van der Waals surface area contributed by atoms with Crippen molar-refractivity contribution in [3.63, 3.8) is 0 Å². The minimum Gasteiger partial charge on any atom is -0.489 e. The number of amides is 1. The third kappa shape index (κ3) is 5.07. The van der Waals surface area contributed by atoms with Gasteiger partial charge in [-0.1, -0.05) is 24.3 Å². The summed E-state index contributed by atoms with van der Waals surface area (Å²) in [6.07, 6.45) is 6.95. The topological polar surface area (TPSA) is 69.0 Å². The Hall–Kier alpha value is -3.78. The lowest BCUT2D eigenvalue weighted by Crippen LogP contribution is -2.37. The van der Waals surface area contributed by atoms with Gasteiger partial charge in [0.2, 0.25) is 0 Å². The molecule has 0 radical (unpaired) electrons. The van der Waals surface area contributed by atoms with Crippen LogP contribution >= 0.6 is 0 Å². The van der Waals surface area contributed by atoms with E-state index >= 15 is 0 Å². The van der Waals surface area contributed by atoms with Gasteiger partial charge >= 0.3 is 0 Å². The molecule has 1 amide bonds. The highest BCUT2D eigenvalue weighted by atomic mass is 19.1. The van der Waals surface area contributed by atoms with Crippen molar-refractivity contribution in [3.05, 3.63) is 95.7 Å². The van der Waals surface area contributed by atoms with E-state index in [1.807, 2.05) is 30.3 Å². The van der Waals surface area contributed by atoms with E-state index < -0.39 is 0 Å². The Kier molecular flexibility index (Phi) is 6.49. The van der Waals surface area contributed by atoms with Crippen LogP contribution in [0.3, 0.4) is 0 Å². The maximum Gasteiger partial charge on any atom is 0.259 e. The molecule has 7 nitrogen and oxygen atoms in total. The normalized spacial score (nSPS) is 15.5. The van der Waals surface area contributed by atoms with E-state index in [-0.39, 0.29) is 24.4 Å². The first-order chi connectivity index (χ1) is 16.7. The van der Waals surface area contributed by atoms with Gasteiger partial charge in [0.15, 0.2) is 5.65 Å². The number of benzene rings is 2. The average Bonchev–Trinajstić information content (AvgIpc) is 3.53. The molecule has 1 aliphatic heterocycles. The third-order valence-corrected chi connectivity index (χ3v) is 5.84. The number of ether oxygens (including phenoxy) is 2. The lowest BCUT2D eigenvalue weighted by Gasteiger charge is -2.25. The summed E-state index contributed by atoms with van der Waals surface area (Å²) >= 11 is 0. The zero-order valence-electron chi connectivity index (χ0n) is 18.6. The van der Waals surface area contributed by atoms with Crippen LogP contribution in [-0.4, -0.2) is 44.7 Å². The van der Waals surface area contributed by atoms with Crippen LogP contribution in [0.5, 0.6) is 5.75 Å². The van der Waals surface area contributed by atoms with Crippen LogP contribution in [0.1, 0.15) is 34.3 Å². The second-order valence-electron chi connectivity index (χ2n) is 8.33. The second kappa shape index (κ2) is 10.0. The minimum atomic E-state index is -0.283. The van der Waals surface area contributed by atoms with E-state index in [4.69, 9.17) is 9.47 Å². The summed E-state index contributed by atoms with van der Waals surface area (Å²) in [5.74, 6) is 0.265. The van der Waals surface area contributed by atoms with Crippen molar-refractivity contribution in [1.82, 2.24) is 19.5 Å². The molecule has 5 rings (SSSR count). The zero-order valence-corrected chi connectivity index (χ0v) is 18.6. The van der Waals surface area contributed by atoms with E-state index in [2.05, 4.69) is 10.1 Å². The number of hydrogen-bond donors (Lipinski definition) is 0. The summed E-state index contributed by atoms with van der Waals surface area (Å²) in [5, 5.41) is 4.26. The Labute approximate surface area is 196 Å². The van der Waals surface area contributed by atoms with Gasteiger partial charge in [0, 0.05) is 32.1 Å². The number of aromatic nitrogens is 3. The molecule has 1 fully saturated rings. The molecule has 0 aliphatic carbocycles. The van der Waals surface area contributed by atoms with Gasteiger partial charge in [-0.25, -0.2) is 13.9 Å². The maximum atomic E-state index is 13.5. The van der Waals surface area contributed by atoms with Gasteiger partial charge in [-0.05, 0) is 54.3 Å². The summed E-state index contributed by atoms with van der Waals surface area (Å²) < 4.78 is 26.5. The summed E-state index contributed by atoms with van der Waals surface area (Å²) in [6.45, 7) is 1.93. The summed E-state index contributed by atoms with van der Waals surface area (Å²) in [5.41, 5.74) is 2.73. The van der Waals surface area contributed by atoms with Gasteiger partial charge in [0.05, 0.1) is 12.3 Å². The third-order valence-electron chi connectivity index (χ3n) is 5.84. The molecule has 2 aromatic carbocycles. The van der Waals surface area contributed by atoms with Crippen LogP contribution in [0, 0.1) is 5.82 Å². The Balaban J connectivity index is 1.30. The van der Waals surface area contributed by atoms with E-state index in [1.54, 1.807) is 40.1 Å². The van der Waals surface area contributed by atoms with Gasteiger partial charge < -0.3 is 14.4 Å². The van der Waals surface area contributed by atoms with Crippen molar-refractivity contribution in [2.75, 3.05) is 13.2 Å². The highest BCUT2D eigenvalue weighted by Gasteiger charge is 2.26. The van der Waals surface area contributed by atoms with E-state index in [0.29, 0.717) is 30.0 Å². The molecule has 2 aromatic heterocycles. The van der Waals surface area contributed by atoms with Gasteiger partial charge in [-0.15, -0.1) is 0 Å². The molecule has 0 saturated carbocycles. The van der Waals surface area contributed by atoms with Crippen LogP contribution in [0.2, 0.25) is 0 Å². The molecule has 8 heteroatoms. The molecule has 0 N–H and O–H groups in total. The van der Waals surface area contributed by atoms with Crippen molar-refractivity contribution in [2.24, 2.45) is 0 Å². The number of hydrogen-bond acceptors (Lipinski definition) is 5. The second-order valence-corrected chi connectivity index (χ2v) is 8.33. The highest BCUT2D eigenvalue weighted by Crippen LogP contribution is 2.21. The minimum absolute atomic E-state index is 0.0209. The Morgan fingerprint density at radius 2 is 2.06 bits per heavy atom. The molecule has 0 unspecified atom stereocenters. The molecule has 0 bridgehead atoms. The molecule has 1 saturated heterocycles. The lowest BCUT2D eigenvalue weighted by molar-refractivity contribution is 0.0508. The predicted molar refractivity (Wildman–Crippen MR) is 124 cm³/mol. The van der Waals surface area contributed by atoms with Crippen LogP contribution in [0.15, 0.2) is 73.2 Å². The standard InChI is InChI=1S/C26H25FN4O3/c27-21-5-1-4-20(14-21)18-34-22-9-7-19(8-10-22)16-30(17-23-6-2-13-33-23)26(32)24-15-29-31-12-3-11-28-25(24)31/h1,3-5,7-12,14-15,23H,2,6,13,16-18H2/t23-/m1/s1. The molecule has 1 atom stereocenters. The fourth-order valence-electron chi connectivity index (χ4n) is 4.11. The first-order valence-electron chi connectivity index (χ1n) is 11.3. The van der Waals surface area contributed by atoms with Crippen LogP contribution in [-0.2, 0) is 17.9 Å². The fourth-order valence-corrected chi connectivity index (χ4v) is 4.11. The van der Waals surface area contributed by atoms with Crippen molar-refractivity contribution in [3.8, 4) is 5.75 Å². The van der Waals surface area contributed by atoms with Crippen molar-refractivity contribution in [1.29, 1.82) is 0 Å². The number of carbonyl (C=O) groups is 1. The number of halogens is 1. The molecular formula is C26H25FN4O3. The number of nitrogens with zero attached hydrogens (tertiary/aromatic N) is 4. The Bertz CT molecular complexity index is 1270. The van der Waals surface area contributed by atoms with E-state index in [9.17, 15) is 9.18 Å². The highest BCUT2D eigenvalue weighted by molar-refractivity contribution is 5.99. The van der Waals surface area contributed by atoms with E-state index in [0.717, 1.165) is 30.6 Å². The molecule has 4 aromatic rings. The first-order valence-corrected chi connectivity index (χ1v) is 11.3. The zero-order chi connectivity index (χ0) is 23.3. The van der Waals surface area contributed by atoms with Crippen LogP contribution < -0.4 is 4.74 Å². The average molecular weight is 461 g/mol. The van der Waals surface area contributed by atoms with E-state index in [1.165, 1.54) is 12.1 Å². The monoisotopic (exact) mass is 460 g/mol. The van der Waals surface area contributed by atoms with Crippen molar-refractivity contribution in [2.45, 2.75) is 32.1 Å². The molecular weight excluding hydrogens is 435 g/mol. The quantitative estimate of drug-likeness (QED) is 0.393. The Morgan fingerprint density at radius 1 is 1.18 bits per heavy atom. The first kappa shape index (κ1) is 22.0. The number of carbonyl (C=O) groups excluding carboxylic acids is 1. The van der Waals surface area contributed by atoms with Crippen molar-refractivity contribution >= 4 is 11.6 Å². The SMILES string of the molecule is O=C(c1cnn2cccnc12)N(Cc1ccc(OCc2cccc(F)c2)cc1)C[C@H]1CCCO1.